The highest BCUT2D eigenvalue weighted by Gasteiger charge is 2.40. The molecule has 0 aromatic heterocycles. The number of Topliss-reactive ketones (excluding diaryl/α,β-unsaturated/α-hetero) is 1. The van der Waals surface area contributed by atoms with Crippen molar-refractivity contribution < 1.29 is 14.4 Å². The first kappa shape index (κ1) is 5.65. The van der Waals surface area contributed by atoms with Crippen molar-refractivity contribution in [2.75, 3.05) is 6.98 Å². The summed E-state index contributed by atoms with van der Waals surface area (Å²) in [5.41, 5.74) is -2.00. The van der Waals surface area contributed by atoms with E-state index in [0.29, 0.717) is 0 Å². The van der Waals surface area contributed by atoms with Crippen LogP contribution in [-0.4, -0.2) is 12.8 Å². The lowest BCUT2D eigenvalue weighted by atomic mass is 9.75. The SMILES string of the molecule is [2H]C1([2H])CC([2H])([2H])C(=O)C(NC([2H])([2H])[2H])(c2ccccc2Cl)C1. The number of carbonyl (C=O) groups is 1. The van der Waals surface area contributed by atoms with Gasteiger partial charge in [0.05, 0.1) is 0 Å². The van der Waals surface area contributed by atoms with E-state index < -0.39 is 43.9 Å². The van der Waals surface area contributed by atoms with Crippen LogP contribution in [0.4, 0.5) is 0 Å². The quantitative estimate of drug-likeness (QED) is 0.867. The van der Waals surface area contributed by atoms with Gasteiger partial charge in [-0.2, -0.15) is 0 Å². The molecule has 16 heavy (non-hydrogen) atoms. The molecular formula is C13H16ClNO. The van der Waals surface area contributed by atoms with Crippen LogP contribution in [0.1, 0.15) is 40.7 Å². The van der Waals surface area contributed by atoms with E-state index in [1.54, 1.807) is 6.07 Å². The second kappa shape index (κ2) is 4.56. The molecule has 1 aliphatic rings. The van der Waals surface area contributed by atoms with Crippen molar-refractivity contribution in [3.05, 3.63) is 34.9 Å². The average Bonchev–Trinajstić information content (AvgIpc) is 2.32. The molecule has 1 saturated carbocycles. The Morgan fingerprint density at radius 3 is 3.12 bits per heavy atom. The van der Waals surface area contributed by atoms with E-state index in [1.165, 1.54) is 18.2 Å². The van der Waals surface area contributed by atoms with Crippen LogP contribution in [0.15, 0.2) is 24.3 Å². The molecule has 0 radical (unpaired) electrons. The molecule has 1 aromatic rings. The lowest BCUT2D eigenvalue weighted by Gasteiger charge is -2.36. The predicted molar refractivity (Wildman–Crippen MR) is 65.7 cm³/mol. The van der Waals surface area contributed by atoms with E-state index in [4.69, 9.17) is 21.2 Å². The highest BCUT2D eigenvalue weighted by Crippen LogP contribution is 2.37. The lowest BCUT2D eigenvalue weighted by molar-refractivity contribution is -0.127. The summed E-state index contributed by atoms with van der Waals surface area (Å²) in [6.07, 6.45) is -5.73. The minimum Gasteiger partial charge on any atom is -0.304 e. The summed E-state index contributed by atoms with van der Waals surface area (Å²) in [6, 6.07) is 5.99. The van der Waals surface area contributed by atoms with Gasteiger partial charge in [0.25, 0.3) is 0 Å². The number of hydrogen-bond donors (Lipinski definition) is 1. The molecule has 3 heteroatoms. The van der Waals surface area contributed by atoms with Gasteiger partial charge < -0.3 is 5.32 Å². The third-order valence-electron chi connectivity index (χ3n) is 2.70. The van der Waals surface area contributed by atoms with Gasteiger partial charge in [-0.05, 0) is 31.4 Å². The van der Waals surface area contributed by atoms with E-state index in [9.17, 15) is 4.79 Å². The number of ketones is 1. The minimum atomic E-state index is -2.78. The molecule has 0 amide bonds. The van der Waals surface area contributed by atoms with Gasteiger partial charge in [0.1, 0.15) is 5.54 Å². The Kier molecular flexibility index (Phi) is 1.61. The first-order chi connectivity index (χ1) is 10.3. The molecule has 86 valence electrons. The summed E-state index contributed by atoms with van der Waals surface area (Å²) in [4.78, 5) is 12.8. The Hall–Kier alpha value is -0.860. The summed E-state index contributed by atoms with van der Waals surface area (Å²) >= 11 is 6.11. The van der Waals surface area contributed by atoms with Crippen molar-refractivity contribution in [2.24, 2.45) is 0 Å². The van der Waals surface area contributed by atoms with Crippen LogP contribution >= 0.6 is 11.6 Å². The maximum Gasteiger partial charge on any atom is 0.157 e. The van der Waals surface area contributed by atoms with E-state index in [1.807, 2.05) is 0 Å². The highest BCUT2D eigenvalue weighted by molar-refractivity contribution is 6.31. The first-order valence-electron chi connectivity index (χ1n) is 8.38. The fourth-order valence-electron chi connectivity index (χ4n) is 1.82. The molecule has 0 bridgehead atoms. The Morgan fingerprint density at radius 2 is 2.38 bits per heavy atom. The van der Waals surface area contributed by atoms with Gasteiger partial charge in [-0.15, -0.1) is 0 Å². The smallest absolute Gasteiger partial charge is 0.157 e. The van der Waals surface area contributed by atoms with Gasteiger partial charge in [-0.1, -0.05) is 36.2 Å². The van der Waals surface area contributed by atoms with Gasteiger partial charge in [-0.3, -0.25) is 4.79 Å². The molecule has 1 fully saturated rings. The lowest BCUT2D eigenvalue weighted by Crippen LogP contribution is -2.49. The van der Waals surface area contributed by atoms with Crippen molar-refractivity contribution in [3.63, 3.8) is 0 Å². The Bertz CT molecular complexity index is 627. The molecule has 1 aliphatic carbocycles. The van der Waals surface area contributed by atoms with Gasteiger partial charge >= 0.3 is 0 Å². The normalized spacial score (nSPS) is 39.3. The molecule has 1 N–H and O–H groups in total. The summed E-state index contributed by atoms with van der Waals surface area (Å²) in [6.45, 7) is -2.78. The molecule has 0 aliphatic heterocycles. The number of hydrogen-bond acceptors (Lipinski definition) is 2. The maximum absolute atomic E-state index is 12.8. The molecule has 0 spiro atoms. The second-order valence-electron chi connectivity index (χ2n) is 3.62. The van der Waals surface area contributed by atoms with Crippen molar-refractivity contribution in [1.82, 2.24) is 5.32 Å². The topological polar surface area (TPSA) is 29.1 Å². The Morgan fingerprint density at radius 1 is 1.56 bits per heavy atom. The third-order valence-corrected chi connectivity index (χ3v) is 3.03. The van der Waals surface area contributed by atoms with Crippen LogP contribution < -0.4 is 5.32 Å². The van der Waals surface area contributed by atoms with Crippen molar-refractivity contribution in [3.8, 4) is 0 Å². The molecule has 0 heterocycles. The number of nitrogens with one attached hydrogen (secondary N) is 1. The fraction of sp³-hybridized carbons (Fsp3) is 0.462. The van der Waals surface area contributed by atoms with Crippen molar-refractivity contribution in [1.29, 1.82) is 0 Å². The second-order valence-corrected chi connectivity index (χ2v) is 4.03. The fourth-order valence-corrected chi connectivity index (χ4v) is 2.11. The van der Waals surface area contributed by atoms with E-state index in [2.05, 4.69) is 5.32 Å². The zero-order chi connectivity index (χ0) is 17.7. The minimum absolute atomic E-state index is 0.0650. The standard InChI is InChI=1S/C13H16ClNO/c1-15-13(9-5-4-8-12(13)16)10-6-2-3-7-11(10)14/h2-3,6-7,15H,4-5,8-9H2,1H3/i1D3,5D2,8D2. The number of likely N-dealkylation sites (N-methyl/N-ethyl adjacent to an activating group) is 1. The Balaban J connectivity index is 2.71. The number of carbonyl (C=O) groups excluding carboxylic acids is 1. The molecule has 1 aromatic carbocycles. The highest BCUT2D eigenvalue weighted by atomic mass is 35.5. The van der Waals surface area contributed by atoms with Crippen molar-refractivity contribution in [2.45, 2.75) is 31.1 Å². The number of rotatable bonds is 2. The van der Waals surface area contributed by atoms with E-state index >= 15 is 0 Å². The third kappa shape index (κ3) is 1.76. The molecular weight excluding hydrogens is 222 g/mol. The Labute approximate surface area is 111 Å². The maximum atomic E-state index is 12.8. The predicted octanol–water partition coefficient (Wildman–Crippen LogP) is 2.90. The van der Waals surface area contributed by atoms with E-state index in [-0.39, 0.29) is 10.6 Å². The average molecular weight is 245 g/mol. The van der Waals surface area contributed by atoms with Gasteiger partial charge in [-0.25, -0.2) is 0 Å². The largest absolute Gasteiger partial charge is 0.304 e. The summed E-state index contributed by atoms with van der Waals surface area (Å²) < 4.78 is 54.0. The summed E-state index contributed by atoms with van der Waals surface area (Å²) in [5, 5.41) is 2.25. The van der Waals surface area contributed by atoms with Crippen LogP contribution in [0.5, 0.6) is 0 Å². The van der Waals surface area contributed by atoms with Crippen LogP contribution in [0, 0.1) is 0 Å². The number of halogens is 1. The molecule has 0 saturated heterocycles. The van der Waals surface area contributed by atoms with Crippen LogP contribution in [0.25, 0.3) is 0 Å². The molecule has 2 nitrogen and oxygen atoms in total. The van der Waals surface area contributed by atoms with Crippen LogP contribution in [0.2, 0.25) is 5.02 Å². The van der Waals surface area contributed by atoms with Gasteiger partial charge in [0, 0.05) is 21.0 Å². The molecule has 1 unspecified atom stereocenters. The van der Waals surface area contributed by atoms with Crippen molar-refractivity contribution >= 4 is 17.4 Å². The van der Waals surface area contributed by atoms with Crippen LogP contribution in [-0.2, 0) is 10.3 Å². The molecule has 1 atom stereocenters. The molecule has 2 rings (SSSR count). The zero-order valence-electron chi connectivity index (χ0n) is 15.5. The van der Waals surface area contributed by atoms with E-state index in [0.717, 1.165) is 0 Å². The number of benzene rings is 1. The van der Waals surface area contributed by atoms with Crippen LogP contribution in [0.3, 0.4) is 0 Å². The summed E-state index contributed by atoms with van der Waals surface area (Å²) in [5.74, 6) is -1.02. The first-order valence-corrected chi connectivity index (χ1v) is 5.26. The summed E-state index contributed by atoms with van der Waals surface area (Å²) in [7, 11) is 0. The monoisotopic (exact) mass is 244 g/mol. The zero-order valence-corrected chi connectivity index (χ0v) is 9.27. The van der Waals surface area contributed by atoms with Gasteiger partial charge in [0.2, 0.25) is 0 Å². The van der Waals surface area contributed by atoms with Gasteiger partial charge in [0.15, 0.2) is 5.78 Å².